The molecular weight excluding hydrogens is 374 g/mol. The molecule has 2 aromatic rings. The zero-order valence-electron chi connectivity index (χ0n) is 13.9. The second-order valence-electron chi connectivity index (χ2n) is 4.98. The SMILES string of the molecule is CCCSc1ccc(C(=N)c2cccs2)c(NC(=S)NC(=O)OC)c1. The average molecular weight is 394 g/mol. The number of carbonyl (C=O) groups excluding carboxylic acids is 1. The fraction of sp³-hybridized carbons (Fsp3) is 0.235. The van der Waals surface area contributed by atoms with Gasteiger partial charge in [0.15, 0.2) is 5.11 Å². The number of methoxy groups -OCH3 is 1. The Morgan fingerprint density at radius 1 is 1.40 bits per heavy atom. The van der Waals surface area contributed by atoms with Crippen LogP contribution in [0.4, 0.5) is 10.5 Å². The van der Waals surface area contributed by atoms with Crippen molar-refractivity contribution in [3.63, 3.8) is 0 Å². The van der Waals surface area contributed by atoms with E-state index in [1.807, 2.05) is 35.7 Å². The molecule has 0 saturated heterocycles. The van der Waals surface area contributed by atoms with Crippen molar-refractivity contribution in [2.45, 2.75) is 18.2 Å². The minimum Gasteiger partial charge on any atom is -0.453 e. The van der Waals surface area contributed by atoms with Gasteiger partial charge in [0.05, 0.1) is 23.4 Å². The standard InChI is InChI=1S/C17H19N3O2S3/c1-3-8-24-11-6-7-12(15(18)14-5-4-9-25-14)13(10-11)19-16(23)20-17(21)22-2/h4-7,9-10,18H,3,8H2,1-2H3,(H2,19,20,21,23). The van der Waals surface area contributed by atoms with E-state index < -0.39 is 6.09 Å². The second kappa shape index (κ2) is 9.55. The largest absolute Gasteiger partial charge is 0.453 e. The molecule has 0 spiro atoms. The fourth-order valence-electron chi connectivity index (χ4n) is 2.01. The van der Waals surface area contributed by atoms with Crippen LogP contribution in [0, 0.1) is 5.41 Å². The number of thiocarbonyl (C=S) groups is 1. The molecule has 8 heteroatoms. The zero-order valence-corrected chi connectivity index (χ0v) is 16.4. The number of anilines is 1. The van der Waals surface area contributed by atoms with Gasteiger partial charge in [0, 0.05) is 10.5 Å². The van der Waals surface area contributed by atoms with Crippen LogP contribution in [0.15, 0.2) is 40.6 Å². The molecule has 25 heavy (non-hydrogen) atoms. The van der Waals surface area contributed by atoms with Gasteiger partial charge in [-0.25, -0.2) is 4.79 Å². The summed E-state index contributed by atoms with van der Waals surface area (Å²) in [7, 11) is 1.28. The lowest BCUT2D eigenvalue weighted by Gasteiger charge is -2.15. The molecule has 0 fully saturated rings. The normalized spacial score (nSPS) is 10.2. The van der Waals surface area contributed by atoms with Gasteiger partial charge in [-0.2, -0.15) is 0 Å². The van der Waals surface area contributed by atoms with Gasteiger partial charge in [-0.15, -0.1) is 23.1 Å². The van der Waals surface area contributed by atoms with Gasteiger partial charge in [0.2, 0.25) is 0 Å². The van der Waals surface area contributed by atoms with Gasteiger partial charge in [-0.3, -0.25) is 10.7 Å². The van der Waals surface area contributed by atoms with E-state index in [2.05, 4.69) is 22.3 Å². The Balaban J connectivity index is 2.29. The average Bonchev–Trinajstić information content (AvgIpc) is 3.14. The molecule has 3 N–H and O–H groups in total. The highest BCUT2D eigenvalue weighted by Crippen LogP contribution is 2.28. The van der Waals surface area contributed by atoms with E-state index in [1.54, 1.807) is 11.8 Å². The quantitative estimate of drug-likeness (QED) is 0.376. The van der Waals surface area contributed by atoms with Crippen molar-refractivity contribution >= 4 is 57.9 Å². The summed E-state index contributed by atoms with van der Waals surface area (Å²) in [5.41, 5.74) is 1.81. The molecule has 1 aromatic carbocycles. The van der Waals surface area contributed by atoms with Crippen LogP contribution in [0.25, 0.3) is 0 Å². The summed E-state index contributed by atoms with van der Waals surface area (Å²) in [6.07, 6.45) is 0.437. The fourth-order valence-corrected chi connectivity index (χ4v) is 3.69. The number of thioether (sulfide) groups is 1. The molecule has 0 atom stereocenters. The van der Waals surface area contributed by atoms with Crippen molar-refractivity contribution in [3.8, 4) is 0 Å². The highest BCUT2D eigenvalue weighted by molar-refractivity contribution is 7.99. The number of amides is 1. The summed E-state index contributed by atoms with van der Waals surface area (Å²) in [5.74, 6) is 1.01. The number of rotatable bonds is 6. The van der Waals surface area contributed by atoms with E-state index in [1.165, 1.54) is 18.4 Å². The lowest BCUT2D eigenvalue weighted by Crippen LogP contribution is -2.34. The van der Waals surface area contributed by atoms with Crippen LogP contribution in [0.1, 0.15) is 23.8 Å². The predicted molar refractivity (Wildman–Crippen MR) is 109 cm³/mol. The summed E-state index contributed by atoms with van der Waals surface area (Å²) in [4.78, 5) is 13.3. The van der Waals surface area contributed by atoms with E-state index >= 15 is 0 Å². The Hall–Kier alpha value is -1.90. The van der Waals surface area contributed by atoms with Gasteiger partial charge >= 0.3 is 6.09 Å². The first-order chi connectivity index (χ1) is 12.0. The van der Waals surface area contributed by atoms with Crippen LogP contribution >= 0.6 is 35.3 Å². The molecule has 1 heterocycles. The van der Waals surface area contributed by atoms with E-state index in [0.717, 1.165) is 27.5 Å². The zero-order chi connectivity index (χ0) is 18.2. The van der Waals surface area contributed by atoms with E-state index in [4.69, 9.17) is 17.6 Å². The summed E-state index contributed by atoms with van der Waals surface area (Å²) >= 11 is 8.40. The highest BCUT2D eigenvalue weighted by Gasteiger charge is 2.14. The third-order valence-electron chi connectivity index (χ3n) is 3.15. The van der Waals surface area contributed by atoms with Crippen molar-refractivity contribution in [2.24, 2.45) is 0 Å². The Kier molecular flexibility index (Phi) is 7.42. The number of hydrogen-bond donors (Lipinski definition) is 3. The molecule has 0 bridgehead atoms. The van der Waals surface area contributed by atoms with Gasteiger partial charge < -0.3 is 10.1 Å². The molecule has 5 nitrogen and oxygen atoms in total. The van der Waals surface area contributed by atoms with E-state index in [0.29, 0.717) is 11.4 Å². The number of carbonyl (C=O) groups is 1. The first-order valence-electron chi connectivity index (χ1n) is 7.60. The molecule has 2 rings (SSSR count). The van der Waals surface area contributed by atoms with E-state index in [9.17, 15) is 4.79 Å². The van der Waals surface area contributed by atoms with Gasteiger partial charge in [0.25, 0.3) is 0 Å². The van der Waals surface area contributed by atoms with E-state index in [-0.39, 0.29) is 5.11 Å². The second-order valence-corrected chi connectivity index (χ2v) is 7.50. The van der Waals surface area contributed by atoms with Crippen molar-refractivity contribution in [1.82, 2.24) is 5.32 Å². The van der Waals surface area contributed by atoms with Crippen LogP contribution in [0.3, 0.4) is 0 Å². The Labute approximate surface area is 160 Å². The summed E-state index contributed by atoms with van der Waals surface area (Å²) in [6, 6.07) is 9.67. The topological polar surface area (TPSA) is 74.2 Å². The lowest BCUT2D eigenvalue weighted by molar-refractivity contribution is 0.177. The minimum absolute atomic E-state index is 0.129. The van der Waals surface area contributed by atoms with Gasteiger partial charge in [-0.05, 0) is 54.0 Å². The van der Waals surface area contributed by atoms with Crippen molar-refractivity contribution in [3.05, 3.63) is 46.2 Å². The number of alkyl carbamates (subject to hydrolysis) is 1. The van der Waals surface area contributed by atoms with Crippen LogP contribution in [-0.4, -0.2) is 29.8 Å². The number of thiophene rings is 1. The number of benzene rings is 1. The first-order valence-corrected chi connectivity index (χ1v) is 9.88. The van der Waals surface area contributed by atoms with Crippen molar-refractivity contribution in [1.29, 1.82) is 5.41 Å². The Morgan fingerprint density at radius 3 is 2.84 bits per heavy atom. The third-order valence-corrected chi connectivity index (χ3v) is 5.44. The molecule has 0 unspecified atom stereocenters. The first kappa shape index (κ1) is 19.4. The number of nitrogens with one attached hydrogen (secondary N) is 3. The van der Waals surface area contributed by atoms with Crippen LogP contribution in [0.2, 0.25) is 0 Å². The molecule has 0 saturated carbocycles. The molecular formula is C17H19N3O2S3. The summed E-state index contributed by atoms with van der Waals surface area (Å²) < 4.78 is 4.55. The molecule has 0 aliphatic rings. The third kappa shape index (κ3) is 5.55. The number of hydrogen-bond acceptors (Lipinski definition) is 6. The molecule has 0 aliphatic carbocycles. The minimum atomic E-state index is -0.635. The van der Waals surface area contributed by atoms with Crippen LogP contribution < -0.4 is 10.6 Å². The smallest absolute Gasteiger partial charge is 0.413 e. The monoisotopic (exact) mass is 393 g/mol. The molecule has 1 amide bonds. The Bertz CT molecular complexity index is 761. The van der Waals surface area contributed by atoms with Gasteiger partial charge in [-0.1, -0.05) is 13.0 Å². The maximum Gasteiger partial charge on any atom is 0.413 e. The van der Waals surface area contributed by atoms with Gasteiger partial charge in [0.1, 0.15) is 0 Å². The lowest BCUT2D eigenvalue weighted by atomic mass is 10.1. The molecule has 0 aliphatic heterocycles. The van der Waals surface area contributed by atoms with Crippen LogP contribution in [-0.2, 0) is 4.74 Å². The molecule has 0 radical (unpaired) electrons. The molecule has 1 aromatic heterocycles. The summed E-state index contributed by atoms with van der Waals surface area (Å²) in [6.45, 7) is 2.13. The highest BCUT2D eigenvalue weighted by atomic mass is 32.2. The maximum absolute atomic E-state index is 11.3. The van der Waals surface area contributed by atoms with Crippen LogP contribution in [0.5, 0.6) is 0 Å². The Morgan fingerprint density at radius 2 is 2.20 bits per heavy atom. The van der Waals surface area contributed by atoms with Crippen molar-refractivity contribution in [2.75, 3.05) is 18.2 Å². The molecule has 132 valence electrons. The summed E-state index contributed by atoms with van der Waals surface area (Å²) in [5, 5.41) is 16.0. The predicted octanol–water partition coefficient (Wildman–Crippen LogP) is 4.72. The number of ether oxygens (including phenoxy) is 1. The van der Waals surface area contributed by atoms with Crippen molar-refractivity contribution < 1.29 is 9.53 Å². The maximum atomic E-state index is 11.3.